The van der Waals surface area contributed by atoms with Gasteiger partial charge in [0.05, 0.1) is 60.0 Å². The number of hydrogen-bond acceptors (Lipinski definition) is 10. The number of methoxy groups -OCH3 is 2. The van der Waals surface area contributed by atoms with Crippen LogP contribution in [0.25, 0.3) is 0 Å². The molecule has 54 heavy (non-hydrogen) atoms. The van der Waals surface area contributed by atoms with E-state index in [9.17, 15) is 9.90 Å². The van der Waals surface area contributed by atoms with Gasteiger partial charge < -0.3 is 39.2 Å². The van der Waals surface area contributed by atoms with Gasteiger partial charge in [-0.15, -0.1) is 0 Å². The van der Waals surface area contributed by atoms with Crippen LogP contribution in [-0.2, 0) is 34.6 Å². The minimum atomic E-state index is -1.20. The fourth-order valence-electron chi connectivity index (χ4n) is 16.5. The Morgan fingerprint density at radius 3 is 2.63 bits per heavy atom. The molecule has 0 radical (unpaired) electrons. The molecule has 11 unspecified atom stereocenters. The number of piperidine rings is 3. The molecule has 11 nitrogen and oxygen atoms in total. The van der Waals surface area contributed by atoms with Gasteiger partial charge >= 0.3 is 5.97 Å². The Morgan fingerprint density at radius 1 is 0.926 bits per heavy atom. The normalized spacial score (nSPS) is 46.6. The van der Waals surface area contributed by atoms with Crippen molar-refractivity contribution in [3.8, 4) is 5.75 Å². The predicted molar refractivity (Wildman–Crippen MR) is 196 cm³/mol. The Bertz CT molecular complexity index is 2140. The minimum Gasteiger partial charge on any atom is -0.495 e. The molecule has 2 aromatic carbocycles. The zero-order chi connectivity index (χ0) is 36.2. The Morgan fingerprint density at radius 2 is 1.76 bits per heavy atom. The first-order chi connectivity index (χ1) is 26.2. The number of carbonyl (C=O) groups excluding carboxylic acids is 2. The van der Waals surface area contributed by atoms with E-state index in [0.29, 0.717) is 38.1 Å². The highest BCUT2D eigenvalue weighted by Crippen LogP contribution is 2.77. The van der Waals surface area contributed by atoms with Crippen LogP contribution in [0.1, 0.15) is 62.5 Å². The Labute approximate surface area is 314 Å². The van der Waals surface area contributed by atoms with Gasteiger partial charge in [0.2, 0.25) is 5.91 Å². The lowest BCUT2D eigenvalue weighted by Crippen LogP contribution is -2.82. The first-order valence-electron chi connectivity index (χ1n) is 20.4. The van der Waals surface area contributed by atoms with Crippen LogP contribution in [0.2, 0.25) is 0 Å². The van der Waals surface area contributed by atoms with Crippen molar-refractivity contribution >= 4 is 23.3 Å². The fraction of sp³-hybridized carbons (Fsp3) is 0.628. The number of hydrogen-bond donors (Lipinski definition) is 2. The summed E-state index contributed by atoms with van der Waals surface area (Å²) in [4.78, 5) is 37.2. The molecule has 9 heterocycles. The Hall–Kier alpha value is -3.64. The zero-order valence-electron chi connectivity index (χ0n) is 31.1. The summed E-state index contributed by atoms with van der Waals surface area (Å²) in [5.41, 5.74) is 1.99. The van der Waals surface area contributed by atoms with E-state index in [1.54, 1.807) is 7.11 Å². The molecule has 2 aromatic rings. The van der Waals surface area contributed by atoms with Crippen molar-refractivity contribution in [3.05, 3.63) is 64.9 Å². The third kappa shape index (κ3) is 2.96. The standard InChI is InChI=1S/C43H48N4O7/c1-51-29-9-5-7-27-31(29)47-23-40(21-24-20-38-13-18-53-30(38)10-15-45-16-12-42(27,35(38)45)43(24,47)50)36-39(14-19-54-36)22-25(33(48)52-2)32-41(11-17-46(34(39)41)37(40)49)26-6-3-4-8-28(26)44-32/h3-9,24,30,34-36,44,50H,10-23H2,1-2H3. The molecule has 11 atom stereocenters. The summed E-state index contributed by atoms with van der Waals surface area (Å²) in [6, 6.07) is 14.7. The van der Waals surface area contributed by atoms with Gasteiger partial charge in [0.15, 0.2) is 5.72 Å². The molecule has 1 amide bonds. The van der Waals surface area contributed by atoms with Crippen molar-refractivity contribution in [2.45, 2.75) is 92.2 Å². The summed E-state index contributed by atoms with van der Waals surface area (Å²) >= 11 is 0. The van der Waals surface area contributed by atoms with Crippen molar-refractivity contribution in [3.63, 3.8) is 0 Å². The number of aliphatic hydroxyl groups is 1. The summed E-state index contributed by atoms with van der Waals surface area (Å²) in [5.74, 6) is 0.382. The molecule has 2 aliphatic carbocycles. The number of fused-ring (bicyclic) bond motifs is 4. The van der Waals surface area contributed by atoms with Crippen LogP contribution in [-0.4, -0.2) is 110 Å². The molecule has 1 saturated carbocycles. The first kappa shape index (κ1) is 31.6. The van der Waals surface area contributed by atoms with Crippen LogP contribution >= 0.6 is 0 Å². The second-order valence-corrected chi connectivity index (χ2v) is 18.8. The van der Waals surface area contributed by atoms with Gasteiger partial charge in [0, 0.05) is 67.0 Å². The number of rotatable bonds is 2. The molecular weight excluding hydrogens is 684 g/mol. The number of benzene rings is 2. The zero-order valence-corrected chi connectivity index (χ0v) is 31.1. The smallest absolute Gasteiger partial charge is 0.335 e. The van der Waals surface area contributed by atoms with Gasteiger partial charge in [-0.05, 0) is 81.2 Å². The Kier molecular flexibility index (Phi) is 5.64. The van der Waals surface area contributed by atoms with Gasteiger partial charge in [0.25, 0.3) is 0 Å². The molecule has 8 fully saturated rings. The average molecular weight is 733 g/mol. The number of amides is 1. The molecule has 0 aromatic heterocycles. The summed E-state index contributed by atoms with van der Waals surface area (Å²) in [6.07, 6.45) is 5.83. The maximum Gasteiger partial charge on any atom is 0.335 e. The van der Waals surface area contributed by atoms with Crippen LogP contribution < -0.4 is 15.0 Å². The topological polar surface area (TPSA) is 113 Å². The third-order valence-corrected chi connectivity index (χ3v) is 17.6. The summed E-state index contributed by atoms with van der Waals surface area (Å²) in [5, 5.41) is 17.7. The number of anilines is 2. The van der Waals surface area contributed by atoms with Crippen molar-refractivity contribution in [1.82, 2.24) is 9.80 Å². The molecule has 13 rings (SSSR count). The van der Waals surface area contributed by atoms with Crippen molar-refractivity contribution in [2.24, 2.45) is 22.2 Å². The SMILES string of the molecule is COC(=O)C1=C2Nc3ccccc3C23CCN2C(=O)C4(CC5CC67CCOC6CCN6CCC8(c9cccc(OC)c9N(C4)C58O)C67)C4OCCC4(C1)C23. The predicted octanol–water partition coefficient (Wildman–Crippen LogP) is 3.69. The number of nitrogens with zero attached hydrogens (tertiary/aromatic N) is 3. The van der Waals surface area contributed by atoms with Crippen LogP contribution in [0.3, 0.4) is 0 Å². The van der Waals surface area contributed by atoms with Gasteiger partial charge in [0.1, 0.15) is 5.75 Å². The Balaban J connectivity index is 1.04. The maximum atomic E-state index is 16.1. The van der Waals surface area contributed by atoms with Gasteiger partial charge in [-0.2, -0.15) is 0 Å². The lowest BCUT2D eigenvalue weighted by Gasteiger charge is -2.69. The number of esters is 1. The van der Waals surface area contributed by atoms with E-state index >= 15 is 4.79 Å². The molecule has 11 aliphatic rings. The lowest BCUT2D eigenvalue weighted by atomic mass is 9.43. The summed E-state index contributed by atoms with van der Waals surface area (Å²) in [6.45, 7) is 4.12. The van der Waals surface area contributed by atoms with Crippen LogP contribution in [0.5, 0.6) is 5.75 Å². The van der Waals surface area contributed by atoms with Gasteiger partial charge in [-0.25, -0.2) is 4.79 Å². The summed E-state index contributed by atoms with van der Waals surface area (Å²) < 4.78 is 25.5. The molecule has 2 N–H and O–H groups in total. The first-order valence-corrected chi connectivity index (χ1v) is 20.4. The van der Waals surface area contributed by atoms with E-state index in [4.69, 9.17) is 18.9 Å². The van der Waals surface area contributed by atoms with E-state index in [2.05, 4.69) is 50.3 Å². The highest BCUT2D eigenvalue weighted by molar-refractivity contribution is 5.95. The lowest BCUT2D eigenvalue weighted by molar-refractivity contribution is -0.231. The van der Waals surface area contributed by atoms with Crippen LogP contribution in [0.4, 0.5) is 11.4 Å². The van der Waals surface area contributed by atoms with Crippen molar-refractivity contribution in [2.75, 3.05) is 63.8 Å². The molecule has 5 spiro atoms. The number of para-hydroxylation sites is 2. The molecule has 7 saturated heterocycles. The van der Waals surface area contributed by atoms with Crippen molar-refractivity contribution in [1.29, 1.82) is 0 Å². The molecule has 9 aliphatic heterocycles. The number of ether oxygens (including phenoxy) is 4. The van der Waals surface area contributed by atoms with E-state index in [-0.39, 0.29) is 41.4 Å². The maximum absolute atomic E-state index is 16.1. The quantitative estimate of drug-likeness (QED) is 0.444. The van der Waals surface area contributed by atoms with E-state index in [1.807, 2.05) is 12.1 Å². The van der Waals surface area contributed by atoms with Crippen LogP contribution in [0.15, 0.2) is 53.7 Å². The monoisotopic (exact) mass is 732 g/mol. The molecular formula is C43H48N4O7. The molecule has 282 valence electrons. The number of carbonyl (C=O) groups is 2. The van der Waals surface area contributed by atoms with Gasteiger partial charge in [-0.1, -0.05) is 30.3 Å². The fourth-order valence-corrected chi connectivity index (χ4v) is 16.5. The molecule has 11 heteroatoms. The average Bonchev–Trinajstić information content (AvgIpc) is 4.04. The van der Waals surface area contributed by atoms with Crippen LogP contribution in [0, 0.1) is 22.2 Å². The van der Waals surface area contributed by atoms with E-state index in [1.165, 1.54) is 12.7 Å². The highest BCUT2D eigenvalue weighted by Gasteiger charge is 2.84. The summed E-state index contributed by atoms with van der Waals surface area (Å²) in [7, 11) is 3.20. The van der Waals surface area contributed by atoms with Gasteiger partial charge in [-0.3, -0.25) is 9.69 Å². The minimum absolute atomic E-state index is 0.119. The number of nitrogens with one attached hydrogen (secondary N) is 1. The van der Waals surface area contributed by atoms with E-state index < -0.39 is 33.5 Å². The third-order valence-electron chi connectivity index (χ3n) is 17.6. The highest BCUT2D eigenvalue weighted by atomic mass is 16.5. The van der Waals surface area contributed by atoms with E-state index in [0.717, 1.165) is 86.6 Å². The van der Waals surface area contributed by atoms with Crippen molar-refractivity contribution < 1.29 is 33.6 Å². The molecule has 0 bridgehead atoms. The largest absolute Gasteiger partial charge is 0.495 e. The second kappa shape index (κ2) is 9.65. The second-order valence-electron chi connectivity index (χ2n) is 18.8.